The molecule has 1 aromatic carbocycles. The lowest BCUT2D eigenvalue weighted by molar-refractivity contribution is -0.119. The molecule has 3 aromatic rings. The maximum Gasteiger partial charge on any atom is 0.261 e. The molecule has 2 aromatic heterocycles. The van der Waals surface area contributed by atoms with E-state index in [0.29, 0.717) is 39.2 Å². The molecular weight excluding hydrogens is 466 g/mol. The highest BCUT2D eigenvalue weighted by atomic mass is 35.5. The molecule has 4 rings (SSSR count). The van der Waals surface area contributed by atoms with Gasteiger partial charge in [-0.2, -0.15) is 0 Å². The lowest BCUT2D eigenvalue weighted by Gasteiger charge is -2.27. The van der Waals surface area contributed by atoms with E-state index in [2.05, 4.69) is 20.9 Å². The number of anilines is 2. The number of nitrogens with two attached hydrogens (primary N) is 1. The van der Waals surface area contributed by atoms with Gasteiger partial charge in [-0.05, 0) is 43.2 Å². The Morgan fingerprint density at radius 2 is 2.06 bits per heavy atom. The summed E-state index contributed by atoms with van der Waals surface area (Å²) >= 11 is 7.07. The summed E-state index contributed by atoms with van der Waals surface area (Å²) in [6.45, 7) is 0.750. The second-order valence-corrected chi connectivity index (χ2v) is 9.18. The van der Waals surface area contributed by atoms with Crippen molar-refractivity contribution in [3.63, 3.8) is 0 Å². The third kappa shape index (κ3) is 5.49. The van der Waals surface area contributed by atoms with Gasteiger partial charge < -0.3 is 21.3 Å². The average molecular weight is 488 g/mol. The van der Waals surface area contributed by atoms with Crippen molar-refractivity contribution < 1.29 is 14.4 Å². The number of hydrogen-bond acceptors (Lipinski definition) is 7. The largest absolute Gasteiger partial charge is 0.374 e. The fourth-order valence-corrected chi connectivity index (χ4v) is 4.45. The maximum atomic E-state index is 12.3. The Kier molecular flexibility index (Phi) is 6.90. The Hall–Kier alpha value is -3.44. The van der Waals surface area contributed by atoms with E-state index in [4.69, 9.17) is 17.3 Å². The molecule has 12 heteroatoms. The van der Waals surface area contributed by atoms with Crippen molar-refractivity contribution in [1.29, 1.82) is 0 Å². The van der Waals surface area contributed by atoms with Crippen LogP contribution in [-0.4, -0.2) is 45.8 Å². The summed E-state index contributed by atoms with van der Waals surface area (Å²) in [4.78, 5) is 38.1. The number of carbonyl (C=O) groups is 3. The zero-order valence-corrected chi connectivity index (χ0v) is 19.2. The predicted molar refractivity (Wildman–Crippen MR) is 126 cm³/mol. The van der Waals surface area contributed by atoms with Gasteiger partial charge in [0.1, 0.15) is 5.69 Å². The molecule has 10 nitrogen and oxygen atoms in total. The Morgan fingerprint density at radius 1 is 1.21 bits per heavy atom. The lowest BCUT2D eigenvalue weighted by Crippen LogP contribution is -2.35. The van der Waals surface area contributed by atoms with Gasteiger partial charge in [-0.25, -0.2) is 4.68 Å². The molecule has 0 bridgehead atoms. The van der Waals surface area contributed by atoms with Crippen molar-refractivity contribution >= 4 is 52.0 Å². The molecule has 0 aliphatic carbocycles. The molecule has 0 unspecified atom stereocenters. The lowest BCUT2D eigenvalue weighted by atomic mass is 10.1. The molecule has 0 radical (unpaired) electrons. The summed E-state index contributed by atoms with van der Waals surface area (Å²) in [7, 11) is 0. The monoisotopic (exact) mass is 487 g/mol. The molecule has 3 heterocycles. The number of primary amides is 1. The topological polar surface area (TPSA) is 135 Å². The molecule has 0 spiro atoms. The zero-order valence-electron chi connectivity index (χ0n) is 17.6. The van der Waals surface area contributed by atoms with Crippen LogP contribution in [0.3, 0.4) is 0 Å². The fraction of sp³-hybridized carbons (Fsp3) is 0.286. The highest BCUT2D eigenvalue weighted by molar-refractivity contribution is 7.17. The first kappa shape index (κ1) is 22.7. The second-order valence-electron chi connectivity index (χ2n) is 7.46. The number of benzene rings is 1. The highest BCUT2D eigenvalue weighted by Gasteiger charge is 2.21. The zero-order chi connectivity index (χ0) is 23.4. The first-order chi connectivity index (χ1) is 15.9. The van der Waals surface area contributed by atoms with Gasteiger partial charge in [0.25, 0.3) is 5.91 Å². The molecule has 1 aliphatic rings. The maximum absolute atomic E-state index is 12.3. The van der Waals surface area contributed by atoms with Gasteiger partial charge in [0.2, 0.25) is 11.8 Å². The van der Waals surface area contributed by atoms with E-state index in [-0.39, 0.29) is 24.9 Å². The van der Waals surface area contributed by atoms with Crippen molar-refractivity contribution in [2.24, 2.45) is 5.73 Å². The summed E-state index contributed by atoms with van der Waals surface area (Å²) in [5.74, 6) is -0.697. The second kappa shape index (κ2) is 10.0. The molecule has 3 amide bonds. The van der Waals surface area contributed by atoms with Crippen LogP contribution in [0.2, 0.25) is 4.34 Å². The Balaban J connectivity index is 1.53. The summed E-state index contributed by atoms with van der Waals surface area (Å²) in [5, 5.41) is 14.0. The standard InChI is InChI=1S/C21H22ClN7O3S/c22-18-7-6-17(33-18)21(32)25-10-13-12-29(27-26-13)16-5-4-14(9-15(16)24-11-19(23)30)28-8-2-1-3-20(28)31/h4-7,9,12,24H,1-3,8,10-11H2,(H2,23,30)(H,25,32). The molecule has 172 valence electrons. The number of nitrogens with zero attached hydrogens (tertiary/aromatic N) is 4. The molecule has 33 heavy (non-hydrogen) atoms. The van der Waals surface area contributed by atoms with Crippen LogP contribution in [0.4, 0.5) is 11.4 Å². The fourth-order valence-electron chi connectivity index (χ4n) is 3.49. The highest BCUT2D eigenvalue weighted by Crippen LogP contribution is 2.29. The van der Waals surface area contributed by atoms with Gasteiger partial charge in [0.05, 0.1) is 39.9 Å². The first-order valence-corrected chi connectivity index (χ1v) is 11.5. The van der Waals surface area contributed by atoms with E-state index in [0.717, 1.165) is 18.5 Å². The van der Waals surface area contributed by atoms with Crippen LogP contribution < -0.4 is 21.3 Å². The first-order valence-electron chi connectivity index (χ1n) is 10.3. The number of piperidine rings is 1. The van der Waals surface area contributed by atoms with Gasteiger partial charge in [-0.3, -0.25) is 14.4 Å². The summed E-state index contributed by atoms with van der Waals surface area (Å²) in [6.07, 6.45) is 4.02. The molecule has 1 saturated heterocycles. The molecule has 1 fully saturated rings. The molecule has 0 atom stereocenters. The molecular formula is C21H22ClN7O3S. The predicted octanol–water partition coefficient (Wildman–Crippen LogP) is 2.33. The van der Waals surface area contributed by atoms with Crippen molar-refractivity contribution in [2.45, 2.75) is 25.8 Å². The smallest absolute Gasteiger partial charge is 0.261 e. The number of aromatic nitrogens is 3. The minimum atomic E-state index is -0.518. The summed E-state index contributed by atoms with van der Waals surface area (Å²) in [5.41, 5.74) is 7.79. The van der Waals surface area contributed by atoms with Crippen LogP contribution in [0.1, 0.15) is 34.6 Å². The summed E-state index contributed by atoms with van der Waals surface area (Å²) in [6, 6.07) is 8.75. The van der Waals surface area contributed by atoms with Gasteiger partial charge >= 0.3 is 0 Å². The van der Waals surface area contributed by atoms with Crippen molar-refractivity contribution in [3.05, 3.63) is 51.4 Å². The van der Waals surface area contributed by atoms with Gasteiger partial charge in [-0.1, -0.05) is 16.8 Å². The number of rotatable bonds is 8. The van der Waals surface area contributed by atoms with Crippen molar-refractivity contribution in [3.8, 4) is 5.69 Å². The third-order valence-corrected chi connectivity index (χ3v) is 6.31. The minimum Gasteiger partial charge on any atom is -0.374 e. The Morgan fingerprint density at radius 3 is 2.79 bits per heavy atom. The van der Waals surface area contributed by atoms with Crippen LogP contribution in [0, 0.1) is 0 Å². The quantitative estimate of drug-likeness (QED) is 0.446. The van der Waals surface area contributed by atoms with Gasteiger partial charge in [-0.15, -0.1) is 16.4 Å². The minimum absolute atomic E-state index is 0.0701. The van der Waals surface area contributed by atoms with E-state index < -0.39 is 5.91 Å². The number of amides is 3. The third-order valence-electron chi connectivity index (χ3n) is 5.08. The molecule has 4 N–H and O–H groups in total. The van der Waals surface area contributed by atoms with E-state index in [1.807, 2.05) is 6.07 Å². The number of carbonyl (C=O) groups excluding carboxylic acids is 3. The molecule has 1 aliphatic heterocycles. The van der Waals surface area contributed by atoms with E-state index in [9.17, 15) is 14.4 Å². The van der Waals surface area contributed by atoms with E-state index >= 15 is 0 Å². The van der Waals surface area contributed by atoms with Crippen LogP contribution >= 0.6 is 22.9 Å². The van der Waals surface area contributed by atoms with Crippen molar-refractivity contribution in [2.75, 3.05) is 23.3 Å². The number of nitrogens with one attached hydrogen (secondary N) is 2. The SMILES string of the molecule is NC(=O)CNc1cc(N2CCCCC2=O)ccc1-n1cc(CNC(=O)c2ccc(Cl)s2)nn1. The Bertz CT molecular complexity index is 1190. The van der Waals surface area contributed by atoms with Crippen LogP contribution in [0.15, 0.2) is 36.5 Å². The van der Waals surface area contributed by atoms with E-state index in [1.54, 1.807) is 35.4 Å². The normalized spacial score (nSPS) is 13.7. The van der Waals surface area contributed by atoms with Gasteiger partial charge in [0, 0.05) is 18.7 Å². The number of halogens is 1. The Labute approximate surface area is 198 Å². The van der Waals surface area contributed by atoms with Gasteiger partial charge in [0.15, 0.2) is 0 Å². The van der Waals surface area contributed by atoms with Crippen LogP contribution in [0.25, 0.3) is 5.69 Å². The van der Waals surface area contributed by atoms with Crippen LogP contribution in [0.5, 0.6) is 0 Å². The summed E-state index contributed by atoms with van der Waals surface area (Å²) < 4.78 is 2.08. The van der Waals surface area contributed by atoms with Crippen LogP contribution in [-0.2, 0) is 16.1 Å². The van der Waals surface area contributed by atoms with E-state index in [1.165, 1.54) is 16.0 Å². The number of hydrogen-bond donors (Lipinski definition) is 3. The number of thiophene rings is 1. The molecule has 0 saturated carbocycles. The average Bonchev–Trinajstić information content (AvgIpc) is 3.45. The van der Waals surface area contributed by atoms with Crippen molar-refractivity contribution in [1.82, 2.24) is 20.3 Å².